The Balaban J connectivity index is 2.05. The van der Waals surface area contributed by atoms with Crippen molar-refractivity contribution >= 4 is 27.2 Å². The third kappa shape index (κ3) is 1.72. The molecule has 0 aliphatic rings. The Morgan fingerprint density at radius 3 is 2.77 bits per heavy atom. The predicted octanol–water partition coefficient (Wildman–Crippen LogP) is 4.18. The SMILES string of the molecule is COc1ccc2c(c1)c(-c1cn3c(C)csc3n1)c(C)n2C. The second kappa shape index (κ2) is 4.61. The zero-order chi connectivity index (χ0) is 15.4. The Bertz CT molecular complexity index is 1010. The predicted molar refractivity (Wildman–Crippen MR) is 91.0 cm³/mol. The molecule has 0 fully saturated rings. The van der Waals surface area contributed by atoms with E-state index in [1.54, 1.807) is 18.4 Å². The number of rotatable bonds is 2. The Kier molecular flexibility index (Phi) is 2.81. The summed E-state index contributed by atoms with van der Waals surface area (Å²) in [5.41, 5.74) is 5.83. The summed E-state index contributed by atoms with van der Waals surface area (Å²) in [7, 11) is 3.80. The van der Waals surface area contributed by atoms with E-state index >= 15 is 0 Å². The summed E-state index contributed by atoms with van der Waals surface area (Å²) in [5, 5.41) is 3.31. The molecule has 0 bridgehead atoms. The number of methoxy groups -OCH3 is 1. The number of aromatic nitrogens is 3. The highest BCUT2D eigenvalue weighted by molar-refractivity contribution is 7.15. The Hall–Kier alpha value is -2.27. The van der Waals surface area contributed by atoms with Gasteiger partial charge >= 0.3 is 0 Å². The lowest BCUT2D eigenvalue weighted by molar-refractivity contribution is 0.415. The molecule has 0 spiro atoms. The van der Waals surface area contributed by atoms with Gasteiger partial charge in [-0.2, -0.15) is 0 Å². The molecule has 0 unspecified atom stereocenters. The van der Waals surface area contributed by atoms with Crippen molar-refractivity contribution in [3.63, 3.8) is 0 Å². The van der Waals surface area contributed by atoms with Gasteiger partial charge in [-0.3, -0.25) is 4.40 Å². The highest BCUT2D eigenvalue weighted by atomic mass is 32.1. The van der Waals surface area contributed by atoms with Gasteiger partial charge in [0.05, 0.1) is 12.8 Å². The van der Waals surface area contributed by atoms with Crippen molar-refractivity contribution < 1.29 is 4.74 Å². The number of benzene rings is 1. The van der Waals surface area contributed by atoms with Crippen molar-refractivity contribution in [2.45, 2.75) is 13.8 Å². The van der Waals surface area contributed by atoms with E-state index in [9.17, 15) is 0 Å². The van der Waals surface area contributed by atoms with Crippen molar-refractivity contribution in [2.75, 3.05) is 7.11 Å². The third-order valence-electron chi connectivity index (χ3n) is 4.34. The summed E-state index contributed by atoms with van der Waals surface area (Å²) in [6.45, 7) is 4.25. The third-order valence-corrected chi connectivity index (χ3v) is 5.30. The molecule has 22 heavy (non-hydrogen) atoms. The lowest BCUT2D eigenvalue weighted by atomic mass is 10.1. The molecule has 4 rings (SSSR count). The van der Waals surface area contributed by atoms with Crippen LogP contribution in [0.1, 0.15) is 11.4 Å². The highest BCUT2D eigenvalue weighted by Crippen LogP contribution is 2.36. The number of imidazole rings is 1. The zero-order valence-corrected chi connectivity index (χ0v) is 13.9. The smallest absolute Gasteiger partial charge is 0.194 e. The number of ether oxygens (including phenoxy) is 1. The van der Waals surface area contributed by atoms with Gasteiger partial charge in [-0.15, -0.1) is 11.3 Å². The van der Waals surface area contributed by atoms with Gasteiger partial charge in [0.15, 0.2) is 4.96 Å². The monoisotopic (exact) mass is 311 g/mol. The molecule has 3 aromatic heterocycles. The van der Waals surface area contributed by atoms with Crippen molar-refractivity contribution in [3.8, 4) is 17.0 Å². The minimum Gasteiger partial charge on any atom is -0.497 e. The zero-order valence-electron chi connectivity index (χ0n) is 13.0. The largest absolute Gasteiger partial charge is 0.497 e. The molecule has 0 saturated carbocycles. The van der Waals surface area contributed by atoms with Crippen LogP contribution in [-0.2, 0) is 7.05 Å². The molecule has 112 valence electrons. The van der Waals surface area contributed by atoms with Crippen LogP contribution in [0.15, 0.2) is 29.8 Å². The molecule has 3 heterocycles. The van der Waals surface area contributed by atoms with Crippen molar-refractivity contribution in [1.82, 2.24) is 14.0 Å². The van der Waals surface area contributed by atoms with E-state index in [4.69, 9.17) is 9.72 Å². The number of hydrogen-bond acceptors (Lipinski definition) is 3. The molecular weight excluding hydrogens is 294 g/mol. The Morgan fingerprint density at radius 2 is 2.05 bits per heavy atom. The first-order valence-electron chi connectivity index (χ1n) is 7.16. The number of aryl methyl sites for hydroxylation is 2. The van der Waals surface area contributed by atoms with Crippen LogP contribution < -0.4 is 4.74 Å². The molecule has 4 aromatic rings. The molecule has 4 nitrogen and oxygen atoms in total. The average molecular weight is 311 g/mol. The minimum atomic E-state index is 0.872. The van der Waals surface area contributed by atoms with Gasteiger partial charge in [0, 0.05) is 46.5 Å². The number of hydrogen-bond donors (Lipinski definition) is 0. The normalized spacial score (nSPS) is 11.6. The second-order valence-corrected chi connectivity index (χ2v) is 6.39. The molecule has 0 aliphatic carbocycles. The molecular formula is C17H17N3OS. The van der Waals surface area contributed by atoms with Crippen LogP contribution in [0.5, 0.6) is 5.75 Å². The molecule has 0 saturated heterocycles. The van der Waals surface area contributed by atoms with E-state index in [0.29, 0.717) is 0 Å². The van der Waals surface area contributed by atoms with Gasteiger partial charge < -0.3 is 9.30 Å². The van der Waals surface area contributed by atoms with Crippen LogP contribution in [0.3, 0.4) is 0 Å². The first-order valence-corrected chi connectivity index (χ1v) is 8.04. The molecule has 5 heteroatoms. The Morgan fingerprint density at radius 1 is 1.23 bits per heavy atom. The van der Waals surface area contributed by atoms with Gasteiger partial charge in [0.2, 0.25) is 0 Å². The van der Waals surface area contributed by atoms with Crippen LogP contribution in [0.25, 0.3) is 27.1 Å². The number of fused-ring (bicyclic) bond motifs is 2. The maximum absolute atomic E-state index is 5.39. The van der Waals surface area contributed by atoms with E-state index in [2.05, 4.69) is 53.6 Å². The topological polar surface area (TPSA) is 31.5 Å². The molecule has 1 aromatic carbocycles. The van der Waals surface area contributed by atoms with Crippen LogP contribution in [0.2, 0.25) is 0 Å². The van der Waals surface area contributed by atoms with Crippen LogP contribution in [0.4, 0.5) is 0 Å². The fourth-order valence-corrected chi connectivity index (χ4v) is 3.87. The van der Waals surface area contributed by atoms with Gasteiger partial charge in [-0.05, 0) is 32.0 Å². The quantitative estimate of drug-likeness (QED) is 0.556. The molecule has 0 aliphatic heterocycles. The maximum Gasteiger partial charge on any atom is 0.194 e. The van der Waals surface area contributed by atoms with Gasteiger partial charge in [0.1, 0.15) is 5.75 Å². The summed E-state index contributed by atoms with van der Waals surface area (Å²) in [6.07, 6.45) is 2.13. The minimum absolute atomic E-state index is 0.872. The maximum atomic E-state index is 5.39. The van der Waals surface area contributed by atoms with Crippen LogP contribution in [0, 0.1) is 13.8 Å². The van der Waals surface area contributed by atoms with Gasteiger partial charge in [-0.25, -0.2) is 4.98 Å². The summed E-state index contributed by atoms with van der Waals surface area (Å²) >= 11 is 1.68. The molecule has 0 atom stereocenters. The molecule has 0 N–H and O–H groups in total. The lowest BCUT2D eigenvalue weighted by Crippen LogP contribution is -1.90. The number of thiazole rings is 1. The standard InChI is InChI=1S/C17H17N3OS/c1-10-9-22-17-18-14(8-20(10)17)16-11(2)19(3)15-6-5-12(21-4)7-13(15)16/h5-9H,1-4H3. The first-order chi connectivity index (χ1) is 10.6. The van der Waals surface area contributed by atoms with Gasteiger partial charge in [-0.1, -0.05) is 0 Å². The number of nitrogens with zero attached hydrogens (tertiary/aromatic N) is 3. The summed E-state index contributed by atoms with van der Waals surface area (Å²) in [4.78, 5) is 5.84. The molecule has 0 amide bonds. The molecule has 0 radical (unpaired) electrons. The average Bonchev–Trinajstić information content (AvgIpc) is 3.15. The highest BCUT2D eigenvalue weighted by Gasteiger charge is 2.17. The van der Waals surface area contributed by atoms with Crippen LogP contribution in [-0.4, -0.2) is 21.1 Å². The van der Waals surface area contributed by atoms with E-state index in [1.807, 2.05) is 6.07 Å². The van der Waals surface area contributed by atoms with E-state index in [-0.39, 0.29) is 0 Å². The van der Waals surface area contributed by atoms with E-state index in [0.717, 1.165) is 16.4 Å². The van der Waals surface area contributed by atoms with Crippen molar-refractivity contribution in [1.29, 1.82) is 0 Å². The lowest BCUT2D eigenvalue weighted by Gasteiger charge is -2.01. The van der Waals surface area contributed by atoms with Crippen LogP contribution >= 0.6 is 11.3 Å². The fraction of sp³-hybridized carbons (Fsp3) is 0.235. The first kappa shape index (κ1) is 13.4. The van der Waals surface area contributed by atoms with Crippen molar-refractivity contribution in [2.24, 2.45) is 7.05 Å². The van der Waals surface area contributed by atoms with Gasteiger partial charge in [0.25, 0.3) is 0 Å². The Labute approximate surface area is 132 Å². The fourth-order valence-electron chi connectivity index (χ4n) is 3.02. The van der Waals surface area contributed by atoms with Crippen molar-refractivity contribution in [3.05, 3.63) is 41.2 Å². The summed E-state index contributed by atoms with van der Waals surface area (Å²) in [5.74, 6) is 0.872. The second-order valence-electron chi connectivity index (χ2n) is 5.56. The van der Waals surface area contributed by atoms with E-state index in [1.165, 1.54) is 27.9 Å². The summed E-state index contributed by atoms with van der Waals surface area (Å²) < 4.78 is 9.76. The van der Waals surface area contributed by atoms with E-state index < -0.39 is 0 Å². The summed E-state index contributed by atoms with van der Waals surface area (Å²) in [6, 6.07) is 6.20.